The predicted molar refractivity (Wildman–Crippen MR) is 83.6 cm³/mol. The van der Waals surface area contributed by atoms with Gasteiger partial charge in [0.25, 0.3) is 0 Å². The van der Waals surface area contributed by atoms with Crippen molar-refractivity contribution in [3.05, 3.63) is 41.0 Å². The monoisotopic (exact) mass is 348 g/mol. The van der Waals surface area contributed by atoms with Gasteiger partial charge in [-0.2, -0.15) is 18.4 Å². The number of carbonyl (C=O) groups excluding carboxylic acids is 2. The summed E-state index contributed by atoms with van der Waals surface area (Å²) in [4.78, 5) is 26.4. The first-order chi connectivity index (χ1) is 11.4. The largest absolute Gasteiger partial charge is 0.416 e. The Morgan fingerprint density at radius 2 is 1.88 bits per heavy atom. The van der Waals surface area contributed by atoms with Gasteiger partial charge in [0.1, 0.15) is 6.07 Å². The second-order valence-corrected chi connectivity index (χ2v) is 7.12. The molecule has 1 unspecified atom stereocenters. The van der Waals surface area contributed by atoms with Gasteiger partial charge in [-0.1, -0.05) is 19.9 Å². The van der Waals surface area contributed by atoms with Crippen LogP contribution in [0.15, 0.2) is 29.8 Å². The second kappa shape index (κ2) is 4.94. The molecule has 7 heteroatoms. The quantitative estimate of drug-likeness (QED) is 0.722. The number of nitriles is 1. The number of hydrogen-bond acceptors (Lipinski definition) is 3. The van der Waals surface area contributed by atoms with E-state index in [-0.39, 0.29) is 23.5 Å². The van der Waals surface area contributed by atoms with Crippen LogP contribution in [-0.4, -0.2) is 18.7 Å². The minimum atomic E-state index is -4.52. The molecule has 0 aromatic heterocycles. The lowest BCUT2D eigenvalue weighted by Gasteiger charge is -2.37. The summed E-state index contributed by atoms with van der Waals surface area (Å²) in [7, 11) is 1.40. The molecule has 0 saturated heterocycles. The smallest absolute Gasteiger partial charge is 0.314 e. The zero-order chi connectivity index (χ0) is 18.8. The third-order valence-electron chi connectivity index (χ3n) is 4.94. The van der Waals surface area contributed by atoms with E-state index in [0.717, 1.165) is 12.1 Å². The molecule has 0 N–H and O–H groups in total. The number of ketones is 1. The van der Waals surface area contributed by atoms with Gasteiger partial charge >= 0.3 is 6.18 Å². The topological polar surface area (TPSA) is 61.2 Å². The highest BCUT2D eigenvalue weighted by atomic mass is 19.4. The lowest BCUT2D eigenvalue weighted by atomic mass is 9.62. The van der Waals surface area contributed by atoms with Crippen LogP contribution in [-0.2, 0) is 21.2 Å². The van der Waals surface area contributed by atoms with Crippen LogP contribution in [0.25, 0.3) is 0 Å². The van der Waals surface area contributed by atoms with Crippen molar-refractivity contribution in [1.82, 2.24) is 0 Å². The fraction of sp³-hybridized carbons (Fsp3) is 0.389. The number of fused-ring (bicyclic) bond motifs is 2. The molecule has 1 heterocycles. The van der Waals surface area contributed by atoms with Crippen molar-refractivity contribution in [1.29, 1.82) is 5.26 Å². The Balaban J connectivity index is 2.28. The molecule has 3 rings (SSSR count). The van der Waals surface area contributed by atoms with Gasteiger partial charge in [0, 0.05) is 18.2 Å². The third kappa shape index (κ3) is 2.28. The van der Waals surface area contributed by atoms with Gasteiger partial charge in [-0.3, -0.25) is 9.59 Å². The first-order valence-electron chi connectivity index (χ1n) is 7.62. The van der Waals surface area contributed by atoms with Gasteiger partial charge in [-0.25, -0.2) is 0 Å². The fourth-order valence-corrected chi connectivity index (χ4v) is 3.78. The summed E-state index contributed by atoms with van der Waals surface area (Å²) in [6.45, 7) is 3.27. The van der Waals surface area contributed by atoms with Crippen LogP contribution in [0.1, 0.15) is 31.4 Å². The Hall–Kier alpha value is -2.62. The standard InChI is InChI=1S/C18H15F3N2O2/c1-16(2)9-17(7-10(8-22)14(16)24)12-5-4-11(18(19,20)21)6-13(12)23(3)15(17)25/h4-7H,9H2,1-3H3. The number of halogens is 3. The van der Waals surface area contributed by atoms with Crippen molar-refractivity contribution >= 4 is 17.4 Å². The van der Waals surface area contributed by atoms with Gasteiger partial charge in [-0.05, 0) is 30.2 Å². The number of carbonyl (C=O) groups is 2. The van der Waals surface area contributed by atoms with Crippen LogP contribution in [0, 0.1) is 16.7 Å². The number of Topliss-reactive ketones (excluding diaryl/α,β-unsaturated/α-hetero) is 1. The van der Waals surface area contributed by atoms with E-state index in [9.17, 15) is 28.0 Å². The van der Waals surface area contributed by atoms with Crippen molar-refractivity contribution in [2.24, 2.45) is 5.41 Å². The van der Waals surface area contributed by atoms with E-state index in [1.807, 2.05) is 6.07 Å². The Bertz CT molecular complexity index is 877. The molecule has 25 heavy (non-hydrogen) atoms. The molecule has 0 radical (unpaired) electrons. The van der Waals surface area contributed by atoms with E-state index in [1.54, 1.807) is 13.8 Å². The first-order valence-corrected chi connectivity index (χ1v) is 7.62. The number of allylic oxidation sites excluding steroid dienone is 1. The summed E-state index contributed by atoms with van der Waals surface area (Å²) < 4.78 is 39.0. The van der Waals surface area contributed by atoms with Crippen LogP contribution < -0.4 is 4.90 Å². The van der Waals surface area contributed by atoms with Crippen molar-refractivity contribution in [2.45, 2.75) is 31.9 Å². The van der Waals surface area contributed by atoms with Crippen LogP contribution in [0.5, 0.6) is 0 Å². The number of alkyl halides is 3. The maximum Gasteiger partial charge on any atom is 0.416 e. The second-order valence-electron chi connectivity index (χ2n) is 7.12. The van der Waals surface area contributed by atoms with Crippen LogP contribution in [0.3, 0.4) is 0 Å². The molecule has 1 amide bonds. The summed E-state index contributed by atoms with van der Waals surface area (Å²) in [5.74, 6) is -0.799. The normalized spacial score (nSPS) is 25.0. The Kier molecular flexibility index (Phi) is 3.40. The molecule has 130 valence electrons. The van der Waals surface area contributed by atoms with Crippen molar-refractivity contribution in [2.75, 3.05) is 11.9 Å². The van der Waals surface area contributed by atoms with E-state index in [0.29, 0.717) is 5.56 Å². The highest BCUT2D eigenvalue weighted by Gasteiger charge is 2.56. The van der Waals surface area contributed by atoms with Gasteiger partial charge < -0.3 is 4.90 Å². The van der Waals surface area contributed by atoms with E-state index < -0.39 is 28.5 Å². The summed E-state index contributed by atoms with van der Waals surface area (Å²) in [6, 6.07) is 4.96. The highest BCUT2D eigenvalue weighted by molar-refractivity contribution is 6.14. The first kappa shape index (κ1) is 17.2. The highest BCUT2D eigenvalue weighted by Crippen LogP contribution is 2.52. The van der Waals surface area contributed by atoms with Crippen LogP contribution in [0.2, 0.25) is 0 Å². The maximum absolute atomic E-state index is 13.0. The molecule has 1 aliphatic heterocycles. The Labute approximate surface area is 142 Å². The number of rotatable bonds is 0. The van der Waals surface area contributed by atoms with Crippen LogP contribution >= 0.6 is 0 Å². The molecule has 1 aliphatic carbocycles. The van der Waals surface area contributed by atoms with Gasteiger partial charge in [-0.15, -0.1) is 0 Å². The fourth-order valence-electron chi connectivity index (χ4n) is 3.78. The molecule has 0 fully saturated rings. The van der Waals surface area contributed by atoms with Crippen molar-refractivity contribution in [3.63, 3.8) is 0 Å². The number of nitrogens with zero attached hydrogens (tertiary/aromatic N) is 2. The molecule has 1 spiro atoms. The lowest BCUT2D eigenvalue weighted by Crippen LogP contribution is -2.46. The molecule has 0 bridgehead atoms. The minimum absolute atomic E-state index is 0.103. The molecule has 0 saturated carbocycles. The summed E-state index contributed by atoms with van der Waals surface area (Å²) in [5.41, 5.74) is -2.71. The predicted octanol–water partition coefficient (Wildman–Crippen LogP) is 3.37. The molecular weight excluding hydrogens is 333 g/mol. The maximum atomic E-state index is 13.0. The molecule has 1 aromatic carbocycles. The van der Waals surface area contributed by atoms with Crippen molar-refractivity contribution < 1.29 is 22.8 Å². The summed E-state index contributed by atoms with van der Waals surface area (Å²) in [5, 5.41) is 9.28. The molecule has 1 aromatic rings. The zero-order valence-electron chi connectivity index (χ0n) is 13.9. The van der Waals surface area contributed by atoms with E-state index in [1.165, 1.54) is 24.1 Å². The number of amides is 1. The van der Waals surface area contributed by atoms with E-state index in [4.69, 9.17) is 0 Å². The van der Waals surface area contributed by atoms with E-state index >= 15 is 0 Å². The lowest BCUT2D eigenvalue weighted by molar-refractivity contribution is -0.137. The summed E-state index contributed by atoms with van der Waals surface area (Å²) >= 11 is 0. The minimum Gasteiger partial charge on any atom is -0.314 e. The molecular formula is C18H15F3N2O2. The number of benzene rings is 1. The third-order valence-corrected chi connectivity index (χ3v) is 4.94. The van der Waals surface area contributed by atoms with Crippen molar-refractivity contribution in [3.8, 4) is 6.07 Å². The number of likely N-dealkylation sites (N-methyl/N-ethyl adjacent to an activating group) is 1. The van der Waals surface area contributed by atoms with Gasteiger partial charge in [0.05, 0.1) is 16.6 Å². The zero-order valence-corrected chi connectivity index (χ0v) is 13.9. The summed E-state index contributed by atoms with van der Waals surface area (Å²) in [6.07, 6.45) is -3.10. The Morgan fingerprint density at radius 3 is 2.44 bits per heavy atom. The van der Waals surface area contributed by atoms with Gasteiger partial charge in [0.15, 0.2) is 5.78 Å². The number of anilines is 1. The van der Waals surface area contributed by atoms with Gasteiger partial charge in [0.2, 0.25) is 5.91 Å². The molecule has 1 atom stereocenters. The average Bonchev–Trinajstić information content (AvgIpc) is 2.72. The molecule has 2 aliphatic rings. The molecule has 4 nitrogen and oxygen atoms in total. The Morgan fingerprint density at radius 1 is 1.24 bits per heavy atom. The van der Waals surface area contributed by atoms with Crippen LogP contribution in [0.4, 0.5) is 18.9 Å². The SMILES string of the molecule is CN1C(=O)C2(C=C(C#N)C(=O)C(C)(C)C2)c2ccc(C(F)(F)F)cc21. The van der Waals surface area contributed by atoms with E-state index in [2.05, 4.69) is 0 Å². The average molecular weight is 348 g/mol. The number of hydrogen-bond donors (Lipinski definition) is 0.